The summed E-state index contributed by atoms with van der Waals surface area (Å²) in [5.74, 6) is 2.95. The van der Waals surface area contributed by atoms with Gasteiger partial charge in [0, 0.05) is 41.1 Å². The molecular formula is C17H23N2S+. The Morgan fingerprint density at radius 1 is 1.40 bits per heavy atom. The van der Waals surface area contributed by atoms with E-state index in [4.69, 9.17) is 0 Å². The van der Waals surface area contributed by atoms with Crippen LogP contribution in [0.5, 0.6) is 0 Å². The second-order valence-corrected chi connectivity index (χ2v) is 7.52. The lowest BCUT2D eigenvalue weighted by Crippen LogP contribution is -3.15. The lowest BCUT2D eigenvalue weighted by atomic mass is 9.73. The first-order valence-corrected chi connectivity index (χ1v) is 9.07. The van der Waals surface area contributed by atoms with Crippen LogP contribution < -0.4 is 4.90 Å². The molecule has 1 aromatic heterocycles. The topological polar surface area (TPSA) is 20.2 Å². The van der Waals surface area contributed by atoms with E-state index in [1.807, 2.05) is 11.8 Å². The van der Waals surface area contributed by atoms with Crippen LogP contribution in [0, 0.1) is 5.92 Å². The SMILES string of the molecule is CSCC1CC2c3cccc4[nH]cc(c34)CC2[NH+](C)C1. The molecule has 2 N–H and O–H groups in total. The van der Waals surface area contributed by atoms with Crippen LogP contribution in [0.2, 0.25) is 0 Å². The highest BCUT2D eigenvalue weighted by Crippen LogP contribution is 2.40. The maximum atomic E-state index is 3.47. The molecular weight excluding hydrogens is 264 g/mol. The third-order valence-corrected chi connectivity index (χ3v) is 6.18. The van der Waals surface area contributed by atoms with Crippen LogP contribution in [0.3, 0.4) is 0 Å². The van der Waals surface area contributed by atoms with Crippen LogP contribution in [0.4, 0.5) is 0 Å². The van der Waals surface area contributed by atoms with E-state index in [-0.39, 0.29) is 0 Å². The van der Waals surface area contributed by atoms with E-state index in [2.05, 4.69) is 42.7 Å². The largest absolute Gasteiger partial charge is 0.361 e. The number of H-pyrrole nitrogens is 1. The Morgan fingerprint density at radius 2 is 2.30 bits per heavy atom. The molecule has 0 spiro atoms. The van der Waals surface area contributed by atoms with Crippen LogP contribution in [0.25, 0.3) is 10.9 Å². The Hall–Kier alpha value is -0.930. The molecule has 4 unspecified atom stereocenters. The van der Waals surface area contributed by atoms with Gasteiger partial charge in [0.1, 0.15) is 0 Å². The van der Waals surface area contributed by atoms with Crippen LogP contribution in [0.15, 0.2) is 24.4 Å². The lowest BCUT2D eigenvalue weighted by molar-refractivity contribution is -0.916. The molecule has 2 nitrogen and oxygen atoms in total. The Kier molecular flexibility index (Phi) is 3.08. The minimum Gasteiger partial charge on any atom is -0.361 e. The molecule has 1 aromatic carbocycles. The number of likely N-dealkylation sites (N-methyl/N-ethyl adjacent to an activating group) is 1. The Labute approximate surface area is 124 Å². The molecule has 4 atom stereocenters. The summed E-state index contributed by atoms with van der Waals surface area (Å²) in [7, 11) is 2.40. The molecule has 0 amide bonds. The van der Waals surface area contributed by atoms with Gasteiger partial charge in [0.2, 0.25) is 0 Å². The number of thioether (sulfide) groups is 1. The molecule has 4 rings (SSSR count). The highest BCUT2D eigenvalue weighted by Gasteiger charge is 2.42. The number of aromatic amines is 1. The quantitative estimate of drug-likeness (QED) is 0.866. The molecule has 2 heterocycles. The Morgan fingerprint density at radius 3 is 3.15 bits per heavy atom. The lowest BCUT2D eigenvalue weighted by Gasteiger charge is -2.42. The predicted molar refractivity (Wildman–Crippen MR) is 86.8 cm³/mol. The van der Waals surface area contributed by atoms with E-state index in [1.165, 1.54) is 36.0 Å². The number of fused-ring (bicyclic) bond motifs is 2. The number of quaternary nitrogens is 1. The van der Waals surface area contributed by atoms with Crippen molar-refractivity contribution in [3.63, 3.8) is 0 Å². The zero-order valence-corrected chi connectivity index (χ0v) is 13.1. The van der Waals surface area contributed by atoms with Crippen molar-refractivity contribution in [3.8, 4) is 0 Å². The molecule has 20 heavy (non-hydrogen) atoms. The molecule has 2 aromatic rings. The van der Waals surface area contributed by atoms with E-state index in [9.17, 15) is 0 Å². The van der Waals surface area contributed by atoms with E-state index in [1.54, 1.807) is 16.0 Å². The number of benzene rings is 1. The summed E-state index contributed by atoms with van der Waals surface area (Å²) in [6.45, 7) is 1.34. The average Bonchev–Trinajstić information content (AvgIpc) is 2.86. The predicted octanol–water partition coefficient (Wildman–Crippen LogP) is 2.07. The number of piperidine rings is 1. The highest BCUT2D eigenvalue weighted by atomic mass is 32.2. The van der Waals surface area contributed by atoms with E-state index in [0.29, 0.717) is 0 Å². The van der Waals surface area contributed by atoms with Crippen LogP contribution in [-0.4, -0.2) is 36.6 Å². The van der Waals surface area contributed by atoms with Gasteiger partial charge in [-0.15, -0.1) is 0 Å². The summed E-state index contributed by atoms with van der Waals surface area (Å²) in [5, 5.41) is 1.53. The van der Waals surface area contributed by atoms with Crippen molar-refractivity contribution in [1.29, 1.82) is 0 Å². The van der Waals surface area contributed by atoms with Gasteiger partial charge in [-0.25, -0.2) is 0 Å². The average molecular weight is 287 g/mol. The van der Waals surface area contributed by atoms with E-state index < -0.39 is 0 Å². The first kappa shape index (κ1) is 12.8. The second kappa shape index (κ2) is 4.81. The molecule has 0 bridgehead atoms. The summed E-state index contributed by atoms with van der Waals surface area (Å²) in [4.78, 5) is 5.21. The number of aromatic nitrogens is 1. The van der Waals surface area contributed by atoms with Gasteiger partial charge in [-0.1, -0.05) is 12.1 Å². The van der Waals surface area contributed by atoms with Gasteiger partial charge >= 0.3 is 0 Å². The van der Waals surface area contributed by atoms with Gasteiger partial charge in [-0.2, -0.15) is 11.8 Å². The van der Waals surface area contributed by atoms with Crippen molar-refractivity contribution < 1.29 is 4.90 Å². The number of nitrogens with one attached hydrogen (secondary N) is 2. The molecule has 1 aliphatic carbocycles. The van der Waals surface area contributed by atoms with E-state index >= 15 is 0 Å². The normalized spacial score (nSPS) is 32.3. The summed E-state index contributed by atoms with van der Waals surface area (Å²) in [6, 6.07) is 7.61. The number of likely N-dealkylation sites (tertiary alicyclic amines) is 1. The Balaban J connectivity index is 1.79. The zero-order chi connectivity index (χ0) is 13.7. The van der Waals surface area contributed by atoms with Crippen LogP contribution in [0.1, 0.15) is 23.5 Å². The maximum absolute atomic E-state index is 3.47. The zero-order valence-electron chi connectivity index (χ0n) is 12.3. The van der Waals surface area contributed by atoms with Crippen molar-refractivity contribution in [2.75, 3.05) is 25.6 Å². The van der Waals surface area contributed by atoms with Gasteiger partial charge in [0.25, 0.3) is 0 Å². The Bertz CT molecular complexity index is 633. The molecule has 0 radical (unpaired) electrons. The van der Waals surface area contributed by atoms with Gasteiger partial charge < -0.3 is 9.88 Å². The monoisotopic (exact) mass is 287 g/mol. The minimum absolute atomic E-state index is 0.757. The number of hydrogen-bond donors (Lipinski definition) is 2. The summed E-state index contributed by atoms with van der Waals surface area (Å²) < 4.78 is 0. The maximum Gasteiger partial charge on any atom is 0.0984 e. The molecule has 3 heteroatoms. The van der Waals surface area contributed by atoms with Crippen LogP contribution >= 0.6 is 11.8 Å². The first-order chi connectivity index (χ1) is 9.78. The summed E-state index contributed by atoms with van der Waals surface area (Å²) in [5.41, 5.74) is 4.49. The fraction of sp³-hybridized carbons (Fsp3) is 0.529. The molecule has 0 saturated carbocycles. The summed E-state index contributed by atoms with van der Waals surface area (Å²) in [6.07, 6.45) is 7.12. The van der Waals surface area contributed by atoms with Crippen molar-refractivity contribution in [1.82, 2.24) is 4.98 Å². The number of hydrogen-bond acceptors (Lipinski definition) is 1. The summed E-state index contributed by atoms with van der Waals surface area (Å²) >= 11 is 2.01. The first-order valence-electron chi connectivity index (χ1n) is 7.68. The molecule has 1 saturated heterocycles. The van der Waals surface area contributed by atoms with Crippen molar-refractivity contribution in [2.24, 2.45) is 5.92 Å². The van der Waals surface area contributed by atoms with Gasteiger partial charge in [-0.05, 0) is 29.9 Å². The smallest absolute Gasteiger partial charge is 0.0984 e. The second-order valence-electron chi connectivity index (χ2n) is 6.61. The molecule has 1 aliphatic heterocycles. The molecule has 106 valence electrons. The van der Waals surface area contributed by atoms with Crippen molar-refractivity contribution in [3.05, 3.63) is 35.5 Å². The van der Waals surface area contributed by atoms with E-state index in [0.717, 1.165) is 17.9 Å². The molecule has 2 aliphatic rings. The fourth-order valence-electron chi connectivity index (χ4n) is 4.57. The van der Waals surface area contributed by atoms with Crippen molar-refractivity contribution in [2.45, 2.75) is 24.8 Å². The molecule has 1 fully saturated rings. The fourth-order valence-corrected chi connectivity index (χ4v) is 5.30. The third-order valence-electron chi connectivity index (χ3n) is 5.38. The van der Waals surface area contributed by atoms with Gasteiger partial charge in [-0.3, -0.25) is 0 Å². The highest BCUT2D eigenvalue weighted by molar-refractivity contribution is 7.98. The van der Waals surface area contributed by atoms with Gasteiger partial charge in [0.05, 0.1) is 19.6 Å². The number of rotatable bonds is 2. The van der Waals surface area contributed by atoms with Gasteiger partial charge in [0.15, 0.2) is 0 Å². The standard InChI is InChI=1S/C17H22N2S/c1-19-9-11(10-20-2)6-14-13-4-3-5-15-17(13)12(8-18-15)7-16(14)19/h3-5,8,11,14,16,18H,6-7,9-10H2,1-2H3/p+1. The minimum atomic E-state index is 0.757. The third kappa shape index (κ3) is 1.83. The van der Waals surface area contributed by atoms with Crippen molar-refractivity contribution >= 4 is 22.7 Å². The van der Waals surface area contributed by atoms with Crippen LogP contribution in [-0.2, 0) is 6.42 Å².